The number of amides is 2. The SMILES string of the molecule is O=C(Nc1cc(C(F)(F)F)cc(Cl)c1F)N1CCNCC1. The number of piperazine rings is 1. The number of anilines is 1. The predicted molar refractivity (Wildman–Crippen MR) is 69.9 cm³/mol. The van der Waals surface area contributed by atoms with Crippen molar-refractivity contribution in [3.05, 3.63) is 28.5 Å². The van der Waals surface area contributed by atoms with Gasteiger partial charge in [-0.2, -0.15) is 13.2 Å². The zero-order valence-electron chi connectivity index (χ0n) is 10.7. The van der Waals surface area contributed by atoms with Crippen LogP contribution in [0.3, 0.4) is 0 Å². The quantitative estimate of drug-likeness (QED) is 0.780. The van der Waals surface area contributed by atoms with Gasteiger partial charge in [-0.15, -0.1) is 0 Å². The molecule has 2 N–H and O–H groups in total. The summed E-state index contributed by atoms with van der Waals surface area (Å²) >= 11 is 5.44. The molecule has 0 aliphatic carbocycles. The summed E-state index contributed by atoms with van der Waals surface area (Å²) < 4.78 is 51.7. The van der Waals surface area contributed by atoms with Crippen molar-refractivity contribution in [1.82, 2.24) is 10.2 Å². The fourth-order valence-electron chi connectivity index (χ4n) is 1.91. The van der Waals surface area contributed by atoms with Crippen molar-refractivity contribution in [1.29, 1.82) is 0 Å². The van der Waals surface area contributed by atoms with Gasteiger partial charge in [-0.3, -0.25) is 0 Å². The molecule has 21 heavy (non-hydrogen) atoms. The van der Waals surface area contributed by atoms with Gasteiger partial charge in [-0.1, -0.05) is 11.6 Å². The molecular formula is C12H12ClF4N3O. The van der Waals surface area contributed by atoms with Crippen molar-refractivity contribution in [2.24, 2.45) is 0 Å². The first kappa shape index (κ1) is 15.8. The van der Waals surface area contributed by atoms with Gasteiger partial charge in [-0.25, -0.2) is 9.18 Å². The Morgan fingerprint density at radius 1 is 1.29 bits per heavy atom. The van der Waals surface area contributed by atoms with E-state index in [1.807, 2.05) is 0 Å². The summed E-state index contributed by atoms with van der Waals surface area (Å²) in [6, 6.07) is 0.351. The average Bonchev–Trinajstić information content (AvgIpc) is 2.43. The van der Waals surface area contributed by atoms with Crippen molar-refractivity contribution in [2.75, 3.05) is 31.5 Å². The van der Waals surface area contributed by atoms with Gasteiger partial charge < -0.3 is 15.5 Å². The van der Waals surface area contributed by atoms with E-state index in [9.17, 15) is 22.4 Å². The summed E-state index contributed by atoms with van der Waals surface area (Å²) in [7, 11) is 0. The first-order valence-electron chi connectivity index (χ1n) is 6.12. The molecule has 1 fully saturated rings. The summed E-state index contributed by atoms with van der Waals surface area (Å²) in [5.74, 6) is -1.09. The molecule has 0 radical (unpaired) electrons. The summed E-state index contributed by atoms with van der Waals surface area (Å²) in [5.41, 5.74) is -1.71. The van der Waals surface area contributed by atoms with Crippen LogP contribution >= 0.6 is 11.6 Å². The lowest BCUT2D eigenvalue weighted by atomic mass is 10.2. The highest BCUT2D eigenvalue weighted by Gasteiger charge is 2.32. The molecule has 4 nitrogen and oxygen atoms in total. The Morgan fingerprint density at radius 2 is 1.90 bits per heavy atom. The molecule has 0 bridgehead atoms. The minimum Gasteiger partial charge on any atom is -0.322 e. The molecule has 1 aliphatic heterocycles. The maximum atomic E-state index is 13.8. The van der Waals surface area contributed by atoms with Crippen LogP contribution in [0, 0.1) is 5.82 Å². The standard InChI is InChI=1S/C12H12ClF4N3O/c13-8-5-7(12(15,16)17)6-9(10(8)14)19-11(21)20-3-1-18-2-4-20/h5-6,18H,1-4H2,(H,19,21). The van der Waals surface area contributed by atoms with E-state index >= 15 is 0 Å². The lowest BCUT2D eigenvalue weighted by Gasteiger charge is -2.27. The number of benzene rings is 1. The maximum Gasteiger partial charge on any atom is 0.416 e. The fraction of sp³-hybridized carbons (Fsp3) is 0.417. The molecule has 0 atom stereocenters. The number of carbonyl (C=O) groups excluding carboxylic acids is 1. The lowest BCUT2D eigenvalue weighted by Crippen LogP contribution is -2.48. The first-order chi connectivity index (χ1) is 9.79. The van der Waals surface area contributed by atoms with Crippen molar-refractivity contribution in [3.8, 4) is 0 Å². The fourth-order valence-corrected chi connectivity index (χ4v) is 2.13. The number of carbonyl (C=O) groups is 1. The van der Waals surface area contributed by atoms with Gasteiger partial charge in [0.1, 0.15) is 0 Å². The lowest BCUT2D eigenvalue weighted by molar-refractivity contribution is -0.137. The molecule has 1 aliphatic rings. The topological polar surface area (TPSA) is 44.4 Å². The monoisotopic (exact) mass is 325 g/mol. The van der Waals surface area contributed by atoms with E-state index in [2.05, 4.69) is 10.6 Å². The van der Waals surface area contributed by atoms with E-state index in [0.717, 1.165) is 0 Å². The Labute approximate surface area is 123 Å². The third-order valence-electron chi connectivity index (χ3n) is 3.00. The second-order valence-corrected chi connectivity index (χ2v) is 4.89. The Kier molecular flexibility index (Phi) is 4.58. The molecule has 1 aromatic rings. The third kappa shape index (κ3) is 3.76. The Hall–Kier alpha value is -1.54. The van der Waals surface area contributed by atoms with Crippen molar-refractivity contribution in [3.63, 3.8) is 0 Å². The van der Waals surface area contributed by atoms with Crippen LogP contribution < -0.4 is 10.6 Å². The molecule has 0 unspecified atom stereocenters. The van der Waals surface area contributed by atoms with Gasteiger partial charge in [0.05, 0.1) is 16.3 Å². The molecule has 0 aromatic heterocycles. The summed E-state index contributed by atoms with van der Waals surface area (Å²) in [6.45, 7) is 1.92. The van der Waals surface area contributed by atoms with Crippen LogP contribution in [-0.4, -0.2) is 37.1 Å². The first-order valence-corrected chi connectivity index (χ1v) is 6.49. The van der Waals surface area contributed by atoms with E-state index in [0.29, 0.717) is 38.3 Å². The van der Waals surface area contributed by atoms with Crippen LogP contribution in [0.25, 0.3) is 0 Å². The van der Waals surface area contributed by atoms with Crippen LogP contribution in [0.1, 0.15) is 5.56 Å². The number of hydrogen-bond acceptors (Lipinski definition) is 2. The number of rotatable bonds is 1. The molecular weight excluding hydrogens is 314 g/mol. The molecule has 1 aromatic carbocycles. The van der Waals surface area contributed by atoms with E-state index < -0.39 is 34.3 Å². The van der Waals surface area contributed by atoms with E-state index in [1.165, 1.54) is 4.90 Å². The van der Waals surface area contributed by atoms with Gasteiger partial charge in [0.25, 0.3) is 0 Å². The van der Waals surface area contributed by atoms with E-state index in [-0.39, 0.29) is 0 Å². The highest BCUT2D eigenvalue weighted by Crippen LogP contribution is 2.35. The zero-order valence-corrected chi connectivity index (χ0v) is 11.5. The number of nitrogens with zero attached hydrogens (tertiary/aromatic N) is 1. The van der Waals surface area contributed by atoms with Crippen LogP contribution in [-0.2, 0) is 6.18 Å². The molecule has 2 amide bonds. The Balaban J connectivity index is 2.22. The number of nitrogens with one attached hydrogen (secondary N) is 2. The van der Waals surface area contributed by atoms with Gasteiger partial charge in [0.2, 0.25) is 0 Å². The van der Waals surface area contributed by atoms with Gasteiger partial charge in [0.15, 0.2) is 5.82 Å². The van der Waals surface area contributed by atoms with Crippen molar-refractivity contribution in [2.45, 2.75) is 6.18 Å². The molecule has 0 saturated carbocycles. The predicted octanol–water partition coefficient (Wildman–Crippen LogP) is 2.94. The van der Waals surface area contributed by atoms with Gasteiger partial charge in [-0.05, 0) is 12.1 Å². The summed E-state index contributed by atoms with van der Waals surface area (Å²) in [4.78, 5) is 13.3. The normalized spacial score (nSPS) is 16.0. The smallest absolute Gasteiger partial charge is 0.322 e. The number of halogens is 5. The van der Waals surface area contributed by atoms with Gasteiger partial charge >= 0.3 is 12.2 Å². The van der Waals surface area contributed by atoms with Crippen LogP contribution in [0.15, 0.2) is 12.1 Å². The number of hydrogen-bond donors (Lipinski definition) is 2. The number of alkyl halides is 3. The van der Waals surface area contributed by atoms with Crippen molar-refractivity contribution < 1.29 is 22.4 Å². The van der Waals surface area contributed by atoms with Crippen molar-refractivity contribution >= 4 is 23.3 Å². The molecule has 0 spiro atoms. The van der Waals surface area contributed by atoms with Crippen LogP contribution in [0.2, 0.25) is 5.02 Å². The Morgan fingerprint density at radius 3 is 2.48 bits per heavy atom. The van der Waals surface area contributed by atoms with Crippen LogP contribution in [0.4, 0.5) is 28.0 Å². The average molecular weight is 326 g/mol. The maximum absolute atomic E-state index is 13.8. The van der Waals surface area contributed by atoms with E-state index in [4.69, 9.17) is 11.6 Å². The summed E-state index contributed by atoms with van der Waals surface area (Å²) in [6.07, 6.45) is -4.67. The number of urea groups is 1. The largest absolute Gasteiger partial charge is 0.416 e. The second-order valence-electron chi connectivity index (χ2n) is 4.48. The molecule has 1 saturated heterocycles. The van der Waals surface area contributed by atoms with E-state index in [1.54, 1.807) is 0 Å². The molecule has 1 heterocycles. The minimum absolute atomic E-state index is 0.389. The molecule has 2 rings (SSSR count). The second kappa shape index (κ2) is 6.07. The molecule has 9 heteroatoms. The highest BCUT2D eigenvalue weighted by atomic mass is 35.5. The zero-order chi connectivity index (χ0) is 15.6. The third-order valence-corrected chi connectivity index (χ3v) is 3.28. The molecule has 116 valence electrons. The minimum atomic E-state index is -4.67. The Bertz CT molecular complexity index is 544. The summed E-state index contributed by atoms with van der Waals surface area (Å²) in [5, 5.41) is 4.46. The highest BCUT2D eigenvalue weighted by molar-refractivity contribution is 6.31. The van der Waals surface area contributed by atoms with Crippen LogP contribution in [0.5, 0.6) is 0 Å². The van der Waals surface area contributed by atoms with Gasteiger partial charge in [0, 0.05) is 26.2 Å².